The number of rotatable bonds is 9. The van der Waals surface area contributed by atoms with Crippen LogP contribution in [0.3, 0.4) is 0 Å². The topological polar surface area (TPSA) is 122 Å². The van der Waals surface area contributed by atoms with Crippen LogP contribution in [-0.4, -0.2) is 61.6 Å². The number of imidazole rings is 1. The molecule has 0 fully saturated rings. The van der Waals surface area contributed by atoms with Crippen LogP contribution in [0.15, 0.2) is 48.9 Å². The molecule has 0 aliphatic rings. The zero-order valence-electron chi connectivity index (χ0n) is 21.0. The Morgan fingerprint density at radius 2 is 1.95 bits per heavy atom. The van der Waals surface area contributed by atoms with Crippen molar-refractivity contribution in [2.24, 2.45) is 0 Å². The minimum absolute atomic E-state index is 0.478. The molecule has 0 spiro atoms. The van der Waals surface area contributed by atoms with Crippen molar-refractivity contribution in [3.63, 3.8) is 0 Å². The van der Waals surface area contributed by atoms with E-state index in [9.17, 15) is 4.79 Å². The van der Waals surface area contributed by atoms with Crippen LogP contribution in [-0.2, 0) is 11.3 Å². The number of ether oxygens (including phenoxy) is 2. The lowest BCUT2D eigenvalue weighted by Crippen LogP contribution is -2.04. The average molecular weight is 499 g/mol. The number of aryl methyl sites for hydroxylation is 2. The molecule has 0 unspecified atom stereocenters. The summed E-state index contributed by atoms with van der Waals surface area (Å²) in [5.41, 5.74) is 5.66. The molecule has 4 aromatic heterocycles. The van der Waals surface area contributed by atoms with E-state index >= 15 is 0 Å². The van der Waals surface area contributed by atoms with Crippen molar-refractivity contribution < 1.29 is 14.3 Å². The molecule has 5 rings (SSSR count). The number of anilines is 2. The number of aromatic nitrogens is 7. The Morgan fingerprint density at radius 3 is 2.68 bits per heavy atom. The molecule has 0 aliphatic heterocycles. The lowest BCUT2D eigenvalue weighted by Gasteiger charge is -2.12. The van der Waals surface area contributed by atoms with Crippen molar-refractivity contribution in [3.05, 3.63) is 65.9 Å². The van der Waals surface area contributed by atoms with Crippen LogP contribution in [0.1, 0.15) is 21.7 Å². The van der Waals surface area contributed by atoms with E-state index in [1.54, 1.807) is 37.4 Å². The second-order valence-corrected chi connectivity index (χ2v) is 8.45. The molecule has 0 amide bonds. The van der Waals surface area contributed by atoms with E-state index in [4.69, 9.17) is 14.5 Å². The van der Waals surface area contributed by atoms with E-state index in [-0.39, 0.29) is 0 Å². The maximum atomic E-state index is 11.9. The number of benzene rings is 1. The predicted octanol–water partition coefficient (Wildman–Crippen LogP) is 3.90. The Kier molecular flexibility index (Phi) is 6.60. The maximum absolute atomic E-state index is 11.9. The number of nitrogens with zero attached hydrogens (tertiary/aromatic N) is 7. The Bertz CT molecular complexity index is 1570. The number of hydrogen-bond acceptors (Lipinski definition) is 9. The van der Waals surface area contributed by atoms with Gasteiger partial charge in [-0.1, -0.05) is 0 Å². The number of aldehydes is 1. The molecule has 1 aromatic carbocycles. The predicted molar refractivity (Wildman–Crippen MR) is 139 cm³/mol. The van der Waals surface area contributed by atoms with Crippen molar-refractivity contribution in [1.29, 1.82) is 0 Å². The van der Waals surface area contributed by atoms with Crippen molar-refractivity contribution >= 4 is 28.8 Å². The molecule has 0 aliphatic carbocycles. The van der Waals surface area contributed by atoms with Gasteiger partial charge < -0.3 is 14.8 Å². The van der Waals surface area contributed by atoms with Crippen LogP contribution in [0.2, 0.25) is 0 Å². The summed E-state index contributed by atoms with van der Waals surface area (Å²) < 4.78 is 14.5. The highest BCUT2D eigenvalue weighted by Crippen LogP contribution is 2.33. The van der Waals surface area contributed by atoms with Crippen LogP contribution in [0, 0.1) is 13.8 Å². The molecule has 11 nitrogen and oxygen atoms in total. The van der Waals surface area contributed by atoms with Gasteiger partial charge in [-0.3, -0.25) is 14.0 Å². The van der Waals surface area contributed by atoms with Crippen LogP contribution in [0.4, 0.5) is 11.5 Å². The fraction of sp³-hybridized carbons (Fsp3) is 0.231. The number of carbonyl (C=O) groups excluding carboxylic acids is 1. The van der Waals surface area contributed by atoms with Gasteiger partial charge in [-0.05, 0) is 44.2 Å². The fourth-order valence-electron chi connectivity index (χ4n) is 4.04. The van der Waals surface area contributed by atoms with Gasteiger partial charge >= 0.3 is 0 Å². The largest absolute Gasteiger partial charge is 0.494 e. The minimum Gasteiger partial charge on any atom is -0.494 e. The average Bonchev–Trinajstić information content (AvgIpc) is 3.50. The van der Waals surface area contributed by atoms with Crippen molar-refractivity contribution in [2.75, 3.05) is 26.1 Å². The highest BCUT2D eigenvalue weighted by Gasteiger charge is 2.17. The third-order valence-corrected chi connectivity index (χ3v) is 5.94. The van der Waals surface area contributed by atoms with E-state index in [1.807, 2.05) is 48.9 Å². The van der Waals surface area contributed by atoms with Gasteiger partial charge in [0.15, 0.2) is 12.1 Å². The first kappa shape index (κ1) is 24.1. The summed E-state index contributed by atoms with van der Waals surface area (Å²) in [5.74, 6) is 1.82. The first-order valence-electron chi connectivity index (χ1n) is 11.6. The van der Waals surface area contributed by atoms with Gasteiger partial charge in [0.25, 0.3) is 0 Å². The molecule has 0 atom stereocenters. The highest BCUT2D eigenvalue weighted by molar-refractivity contribution is 5.88. The molecule has 188 valence electrons. The number of carbonyl (C=O) groups is 1. The van der Waals surface area contributed by atoms with E-state index in [1.165, 1.54) is 0 Å². The van der Waals surface area contributed by atoms with E-state index in [0.29, 0.717) is 47.5 Å². The SMILES string of the molecule is COCCn1cc(-c2nc(-n3cnc4cc(Nc5ccc(C)nn5)c(OC)cc43)ccc2C=O)c(C)n1. The van der Waals surface area contributed by atoms with Crippen LogP contribution < -0.4 is 10.1 Å². The molecule has 11 heteroatoms. The molecule has 0 radical (unpaired) electrons. The molecular formula is C26H26N8O3. The van der Waals surface area contributed by atoms with Crippen LogP contribution in [0.25, 0.3) is 28.1 Å². The van der Waals surface area contributed by atoms with Gasteiger partial charge in [0.2, 0.25) is 0 Å². The summed E-state index contributed by atoms with van der Waals surface area (Å²) in [5, 5.41) is 16.0. The van der Waals surface area contributed by atoms with Gasteiger partial charge in [-0.15, -0.1) is 5.10 Å². The standard InChI is InChI=1S/C26H26N8O3/c1-16-5-7-24(31-30-16)28-21-11-20-22(12-23(21)37-4)34(15-27-20)25-8-6-18(14-35)26(29-25)19-13-33(9-10-36-3)32-17(19)2/h5-8,11-15H,9-10H2,1-4H3,(H,28,31). The molecule has 0 saturated carbocycles. The molecule has 37 heavy (non-hydrogen) atoms. The Morgan fingerprint density at radius 1 is 1.08 bits per heavy atom. The first-order valence-corrected chi connectivity index (χ1v) is 11.6. The quantitative estimate of drug-likeness (QED) is 0.301. The maximum Gasteiger partial charge on any atom is 0.153 e. The summed E-state index contributed by atoms with van der Waals surface area (Å²) in [6.45, 7) is 4.91. The number of nitrogens with one attached hydrogen (secondary N) is 1. The Hall–Kier alpha value is -4.64. The minimum atomic E-state index is 0.478. The third kappa shape index (κ3) is 4.76. The smallest absolute Gasteiger partial charge is 0.153 e. The molecule has 4 heterocycles. The normalized spacial score (nSPS) is 11.1. The highest BCUT2D eigenvalue weighted by atomic mass is 16.5. The van der Waals surface area contributed by atoms with Gasteiger partial charge in [-0.25, -0.2) is 9.97 Å². The number of pyridine rings is 1. The summed E-state index contributed by atoms with van der Waals surface area (Å²) in [7, 11) is 3.25. The van der Waals surface area contributed by atoms with Crippen LogP contribution in [0.5, 0.6) is 5.75 Å². The van der Waals surface area contributed by atoms with E-state index in [2.05, 4.69) is 25.6 Å². The van der Waals surface area contributed by atoms with E-state index in [0.717, 1.165) is 34.3 Å². The molecule has 5 aromatic rings. The summed E-state index contributed by atoms with van der Waals surface area (Å²) in [6, 6.07) is 11.0. The second-order valence-electron chi connectivity index (χ2n) is 8.45. The van der Waals surface area contributed by atoms with Gasteiger partial charge in [0.1, 0.15) is 17.9 Å². The van der Waals surface area contributed by atoms with Gasteiger partial charge in [0.05, 0.1) is 54.1 Å². The lowest BCUT2D eigenvalue weighted by molar-refractivity contribution is 0.112. The molecule has 1 N–H and O–H groups in total. The lowest BCUT2D eigenvalue weighted by atomic mass is 10.1. The second kappa shape index (κ2) is 10.2. The number of hydrogen-bond donors (Lipinski definition) is 1. The Balaban J connectivity index is 1.55. The number of methoxy groups -OCH3 is 2. The summed E-state index contributed by atoms with van der Waals surface area (Å²) in [6.07, 6.45) is 4.38. The number of fused-ring (bicyclic) bond motifs is 1. The van der Waals surface area contributed by atoms with E-state index < -0.39 is 0 Å². The summed E-state index contributed by atoms with van der Waals surface area (Å²) in [4.78, 5) is 21.3. The third-order valence-electron chi connectivity index (χ3n) is 5.94. The zero-order valence-corrected chi connectivity index (χ0v) is 21.0. The first-order chi connectivity index (χ1) is 18.0. The zero-order chi connectivity index (χ0) is 25.9. The van der Waals surface area contributed by atoms with Gasteiger partial charge in [-0.2, -0.15) is 10.2 Å². The van der Waals surface area contributed by atoms with Gasteiger partial charge in [0, 0.05) is 30.5 Å². The monoisotopic (exact) mass is 498 g/mol. The molecule has 0 saturated heterocycles. The molecule has 0 bridgehead atoms. The van der Waals surface area contributed by atoms with Crippen molar-refractivity contribution in [1.82, 2.24) is 34.5 Å². The Labute approximate surface area is 213 Å². The van der Waals surface area contributed by atoms with Crippen LogP contribution >= 0.6 is 0 Å². The molecular weight excluding hydrogens is 472 g/mol. The fourth-order valence-corrected chi connectivity index (χ4v) is 4.04. The summed E-state index contributed by atoms with van der Waals surface area (Å²) >= 11 is 0. The van der Waals surface area contributed by atoms with Crippen molar-refractivity contribution in [2.45, 2.75) is 20.4 Å². The van der Waals surface area contributed by atoms with Crippen molar-refractivity contribution in [3.8, 4) is 22.8 Å².